The maximum atomic E-state index is 10.7. The predicted molar refractivity (Wildman–Crippen MR) is 51.4 cm³/mol. The molecule has 3 N–H and O–H groups in total. The highest BCUT2D eigenvalue weighted by molar-refractivity contribution is 5.68. The minimum absolute atomic E-state index is 0.0592. The van der Waals surface area contributed by atoms with E-state index in [4.69, 9.17) is 10.8 Å². The summed E-state index contributed by atoms with van der Waals surface area (Å²) in [7, 11) is 0. The molecule has 1 aliphatic carbocycles. The van der Waals surface area contributed by atoms with Crippen molar-refractivity contribution >= 4 is 5.97 Å². The molecular formula is C10H19NO2. The van der Waals surface area contributed by atoms with Gasteiger partial charge in [-0.15, -0.1) is 0 Å². The van der Waals surface area contributed by atoms with Crippen molar-refractivity contribution in [2.75, 3.05) is 0 Å². The summed E-state index contributed by atoms with van der Waals surface area (Å²) in [4.78, 5) is 10.7. The van der Waals surface area contributed by atoms with Gasteiger partial charge in [-0.3, -0.25) is 4.79 Å². The van der Waals surface area contributed by atoms with Crippen LogP contribution in [0.5, 0.6) is 0 Å². The van der Waals surface area contributed by atoms with E-state index in [0.29, 0.717) is 0 Å². The Bertz CT molecular complexity index is 221. The monoisotopic (exact) mass is 185 g/mol. The fraction of sp³-hybridized carbons (Fsp3) is 0.900. The first-order valence-corrected chi connectivity index (χ1v) is 4.79. The van der Waals surface area contributed by atoms with Crippen molar-refractivity contribution in [1.82, 2.24) is 0 Å². The van der Waals surface area contributed by atoms with E-state index in [0.717, 1.165) is 12.8 Å². The van der Waals surface area contributed by atoms with E-state index in [1.54, 1.807) is 0 Å². The highest BCUT2D eigenvalue weighted by Gasteiger charge is 2.55. The van der Waals surface area contributed by atoms with E-state index < -0.39 is 5.97 Å². The van der Waals surface area contributed by atoms with Crippen molar-refractivity contribution in [1.29, 1.82) is 0 Å². The van der Waals surface area contributed by atoms with Gasteiger partial charge in [0.25, 0.3) is 0 Å². The van der Waals surface area contributed by atoms with Crippen molar-refractivity contribution in [2.24, 2.45) is 16.6 Å². The molecule has 0 aromatic rings. The zero-order valence-corrected chi connectivity index (χ0v) is 8.63. The van der Waals surface area contributed by atoms with Gasteiger partial charge in [0.15, 0.2) is 0 Å². The zero-order chi connectivity index (χ0) is 10.3. The second-order valence-electron chi connectivity index (χ2n) is 4.84. The van der Waals surface area contributed by atoms with E-state index in [1.807, 2.05) is 13.8 Å². The summed E-state index contributed by atoms with van der Waals surface area (Å²) in [6.07, 6.45) is 2.40. The normalized spacial score (nSPS) is 26.2. The van der Waals surface area contributed by atoms with Crippen LogP contribution >= 0.6 is 0 Å². The van der Waals surface area contributed by atoms with Crippen LogP contribution in [0, 0.1) is 10.8 Å². The van der Waals surface area contributed by atoms with E-state index in [9.17, 15) is 4.79 Å². The molecule has 2 atom stereocenters. The number of carbonyl (C=O) groups is 1. The molecule has 2 unspecified atom stereocenters. The van der Waals surface area contributed by atoms with E-state index in [-0.39, 0.29) is 23.3 Å². The number of rotatable bonds is 4. The Balaban J connectivity index is 2.81. The van der Waals surface area contributed by atoms with Gasteiger partial charge in [-0.25, -0.2) is 0 Å². The molecule has 0 aromatic carbocycles. The summed E-state index contributed by atoms with van der Waals surface area (Å²) in [5, 5.41) is 8.83. The minimum Gasteiger partial charge on any atom is -0.481 e. The molecule has 0 spiro atoms. The predicted octanol–water partition coefficient (Wildman–Crippen LogP) is 1.61. The van der Waals surface area contributed by atoms with Gasteiger partial charge in [-0.05, 0) is 30.6 Å². The number of hydrogen-bond acceptors (Lipinski definition) is 2. The molecule has 0 saturated heterocycles. The van der Waals surface area contributed by atoms with Crippen molar-refractivity contribution in [3.63, 3.8) is 0 Å². The van der Waals surface area contributed by atoms with Gasteiger partial charge in [0.05, 0.1) is 6.42 Å². The van der Waals surface area contributed by atoms with Gasteiger partial charge in [0.2, 0.25) is 0 Å². The highest BCUT2D eigenvalue weighted by atomic mass is 16.4. The minimum atomic E-state index is -0.743. The average Bonchev–Trinajstić information content (AvgIpc) is 2.67. The lowest BCUT2D eigenvalue weighted by Gasteiger charge is -2.38. The smallest absolute Gasteiger partial charge is 0.303 e. The fourth-order valence-electron chi connectivity index (χ4n) is 2.00. The molecule has 1 aliphatic rings. The lowest BCUT2D eigenvalue weighted by Crippen LogP contribution is -2.44. The first-order valence-electron chi connectivity index (χ1n) is 4.79. The Labute approximate surface area is 79.3 Å². The van der Waals surface area contributed by atoms with E-state index in [1.165, 1.54) is 0 Å². The quantitative estimate of drug-likeness (QED) is 0.699. The summed E-state index contributed by atoms with van der Waals surface area (Å²) >= 11 is 0. The molecule has 76 valence electrons. The molecule has 0 radical (unpaired) electrons. The third-order valence-electron chi connectivity index (χ3n) is 3.90. The van der Waals surface area contributed by atoms with Gasteiger partial charge < -0.3 is 10.8 Å². The van der Waals surface area contributed by atoms with Crippen LogP contribution in [0.1, 0.15) is 40.0 Å². The summed E-state index contributed by atoms with van der Waals surface area (Å²) < 4.78 is 0. The molecule has 0 heterocycles. The number of hydrogen-bond donors (Lipinski definition) is 2. The molecule has 0 amide bonds. The van der Waals surface area contributed by atoms with Crippen molar-refractivity contribution in [2.45, 2.75) is 46.1 Å². The van der Waals surface area contributed by atoms with Gasteiger partial charge in [-0.2, -0.15) is 0 Å². The number of aliphatic carboxylic acids is 1. The van der Waals surface area contributed by atoms with Crippen LogP contribution in [0.4, 0.5) is 0 Å². The summed E-state index contributed by atoms with van der Waals surface area (Å²) in [5.41, 5.74) is 5.78. The van der Waals surface area contributed by atoms with Crippen LogP contribution in [0.25, 0.3) is 0 Å². The van der Waals surface area contributed by atoms with Crippen LogP contribution in [0.3, 0.4) is 0 Å². The molecule has 1 fully saturated rings. The third-order valence-corrected chi connectivity index (χ3v) is 3.90. The largest absolute Gasteiger partial charge is 0.481 e. The van der Waals surface area contributed by atoms with Gasteiger partial charge in [-0.1, -0.05) is 13.8 Å². The average molecular weight is 185 g/mol. The molecular weight excluding hydrogens is 166 g/mol. The first-order chi connectivity index (χ1) is 5.82. The zero-order valence-electron chi connectivity index (χ0n) is 8.63. The second-order valence-corrected chi connectivity index (χ2v) is 4.84. The SMILES string of the molecule is CC(N)C(C)(CC(=O)O)C1(C)CC1. The van der Waals surface area contributed by atoms with Gasteiger partial charge >= 0.3 is 5.97 Å². The molecule has 0 bridgehead atoms. The number of nitrogens with two attached hydrogens (primary N) is 1. The van der Waals surface area contributed by atoms with Gasteiger partial charge in [0.1, 0.15) is 0 Å². The van der Waals surface area contributed by atoms with Crippen LogP contribution in [0.15, 0.2) is 0 Å². The van der Waals surface area contributed by atoms with Crippen molar-refractivity contribution in [3.05, 3.63) is 0 Å². The Morgan fingerprint density at radius 2 is 2.15 bits per heavy atom. The van der Waals surface area contributed by atoms with E-state index in [2.05, 4.69) is 6.92 Å². The lowest BCUT2D eigenvalue weighted by molar-refractivity contribution is -0.141. The maximum Gasteiger partial charge on any atom is 0.303 e. The molecule has 0 aromatic heterocycles. The summed E-state index contributed by atoms with van der Waals surface area (Å²) in [6, 6.07) is -0.0592. The summed E-state index contributed by atoms with van der Waals surface area (Å²) in [5.74, 6) is -0.743. The summed E-state index contributed by atoms with van der Waals surface area (Å²) in [6.45, 7) is 6.05. The van der Waals surface area contributed by atoms with Gasteiger partial charge in [0, 0.05) is 6.04 Å². The first kappa shape index (κ1) is 10.5. The molecule has 13 heavy (non-hydrogen) atoms. The Kier molecular flexibility index (Phi) is 2.41. The number of carboxylic acids is 1. The molecule has 3 nitrogen and oxygen atoms in total. The fourth-order valence-corrected chi connectivity index (χ4v) is 2.00. The lowest BCUT2D eigenvalue weighted by atomic mass is 9.68. The molecule has 1 rings (SSSR count). The van der Waals surface area contributed by atoms with E-state index >= 15 is 0 Å². The van der Waals surface area contributed by atoms with Crippen LogP contribution in [-0.2, 0) is 4.79 Å². The Hall–Kier alpha value is -0.570. The standard InChI is InChI=1S/C10H19NO2/c1-7(11)10(3,6-8(12)13)9(2)4-5-9/h7H,4-6,11H2,1-3H3,(H,12,13). The molecule has 3 heteroatoms. The Morgan fingerprint density at radius 3 is 2.38 bits per heavy atom. The van der Waals surface area contributed by atoms with Crippen molar-refractivity contribution < 1.29 is 9.90 Å². The third kappa shape index (κ3) is 1.70. The molecule has 1 saturated carbocycles. The Morgan fingerprint density at radius 1 is 1.69 bits per heavy atom. The maximum absolute atomic E-state index is 10.7. The topological polar surface area (TPSA) is 63.3 Å². The van der Waals surface area contributed by atoms with Crippen LogP contribution in [-0.4, -0.2) is 17.1 Å². The molecule has 0 aliphatic heterocycles. The van der Waals surface area contributed by atoms with Crippen LogP contribution < -0.4 is 5.73 Å². The highest BCUT2D eigenvalue weighted by Crippen LogP contribution is 2.60. The number of carboxylic acid groups (broad SMARTS) is 1. The second kappa shape index (κ2) is 2.98. The van der Waals surface area contributed by atoms with Crippen LogP contribution in [0.2, 0.25) is 0 Å². The van der Waals surface area contributed by atoms with Crippen molar-refractivity contribution in [3.8, 4) is 0 Å².